The molecular weight excluding hydrogens is 397 g/mol. The molecule has 7 heteroatoms. The Labute approximate surface area is 181 Å². The summed E-state index contributed by atoms with van der Waals surface area (Å²) in [6, 6.07) is 14.0. The second-order valence-corrected chi connectivity index (χ2v) is 7.74. The molecule has 1 amide bonds. The Kier molecular flexibility index (Phi) is 6.60. The van der Waals surface area contributed by atoms with Gasteiger partial charge in [-0.3, -0.25) is 4.79 Å². The number of halogens is 1. The highest BCUT2D eigenvalue weighted by atomic mass is 19.1. The van der Waals surface area contributed by atoms with Crippen LogP contribution in [0.15, 0.2) is 53.1 Å². The molecule has 1 saturated heterocycles. The van der Waals surface area contributed by atoms with Crippen molar-refractivity contribution in [1.29, 1.82) is 0 Å². The lowest BCUT2D eigenvalue weighted by molar-refractivity contribution is -0.133. The smallest absolute Gasteiger partial charge is 0.227 e. The third-order valence-corrected chi connectivity index (χ3v) is 5.70. The summed E-state index contributed by atoms with van der Waals surface area (Å²) in [6.07, 6.45) is 4.86. The van der Waals surface area contributed by atoms with Crippen molar-refractivity contribution in [3.05, 3.63) is 65.8 Å². The Bertz CT molecular complexity index is 1000. The van der Waals surface area contributed by atoms with Gasteiger partial charge in [0.05, 0.1) is 13.2 Å². The minimum absolute atomic E-state index is 0.0679. The molecule has 0 bridgehead atoms. The number of amides is 1. The number of carbonyl (C=O) groups excluding carboxylic acids is 1. The Morgan fingerprint density at radius 2 is 1.90 bits per heavy atom. The van der Waals surface area contributed by atoms with Crippen LogP contribution in [0.3, 0.4) is 0 Å². The van der Waals surface area contributed by atoms with Crippen molar-refractivity contribution in [2.24, 2.45) is 0 Å². The summed E-state index contributed by atoms with van der Waals surface area (Å²) in [6.45, 7) is 0.750. The molecule has 0 radical (unpaired) electrons. The van der Waals surface area contributed by atoms with Crippen LogP contribution in [0.5, 0.6) is 5.75 Å². The van der Waals surface area contributed by atoms with Gasteiger partial charge >= 0.3 is 0 Å². The largest absolute Gasteiger partial charge is 0.497 e. The highest BCUT2D eigenvalue weighted by Crippen LogP contribution is 2.32. The molecule has 6 nitrogen and oxygen atoms in total. The number of carbonyl (C=O) groups is 1. The van der Waals surface area contributed by atoms with Crippen molar-refractivity contribution >= 4 is 5.91 Å². The Hall–Kier alpha value is -3.22. The zero-order valence-corrected chi connectivity index (χ0v) is 17.6. The SMILES string of the molecule is COc1ccc(C2CCCCCN2C(=O)CCc2nc(-c3ccc(F)cc3)no2)cc1. The van der Waals surface area contributed by atoms with Crippen LogP contribution in [0.25, 0.3) is 11.4 Å². The van der Waals surface area contributed by atoms with Crippen molar-refractivity contribution in [1.82, 2.24) is 15.0 Å². The summed E-state index contributed by atoms with van der Waals surface area (Å²) in [5.74, 6) is 1.38. The monoisotopic (exact) mass is 423 g/mol. The molecule has 1 aliphatic heterocycles. The molecular formula is C24H26FN3O3. The predicted molar refractivity (Wildman–Crippen MR) is 114 cm³/mol. The number of benzene rings is 2. The van der Waals surface area contributed by atoms with Gasteiger partial charge in [-0.2, -0.15) is 4.98 Å². The first kappa shape index (κ1) is 21.0. The van der Waals surface area contributed by atoms with Crippen LogP contribution in [0.2, 0.25) is 0 Å². The highest BCUT2D eigenvalue weighted by Gasteiger charge is 2.27. The number of methoxy groups -OCH3 is 1. The zero-order valence-electron chi connectivity index (χ0n) is 17.6. The fourth-order valence-electron chi connectivity index (χ4n) is 4.01. The molecule has 31 heavy (non-hydrogen) atoms. The zero-order chi connectivity index (χ0) is 21.6. The first-order chi connectivity index (χ1) is 15.1. The van der Waals surface area contributed by atoms with Crippen molar-refractivity contribution in [3.8, 4) is 17.1 Å². The summed E-state index contributed by atoms with van der Waals surface area (Å²) in [4.78, 5) is 19.5. The van der Waals surface area contributed by atoms with E-state index >= 15 is 0 Å². The number of rotatable bonds is 6. The minimum atomic E-state index is -0.318. The van der Waals surface area contributed by atoms with E-state index in [0.717, 1.165) is 43.5 Å². The van der Waals surface area contributed by atoms with E-state index in [9.17, 15) is 9.18 Å². The fourth-order valence-corrected chi connectivity index (χ4v) is 4.01. The third kappa shape index (κ3) is 5.10. The molecule has 4 rings (SSSR count). The number of likely N-dealkylation sites (tertiary alicyclic amines) is 1. The maximum Gasteiger partial charge on any atom is 0.227 e. The topological polar surface area (TPSA) is 68.5 Å². The Balaban J connectivity index is 1.42. The maximum atomic E-state index is 13.1. The third-order valence-electron chi connectivity index (χ3n) is 5.70. The molecule has 1 aliphatic rings. The molecule has 2 aromatic carbocycles. The van der Waals surface area contributed by atoms with Crippen LogP contribution < -0.4 is 4.74 Å². The maximum absolute atomic E-state index is 13.1. The average Bonchev–Trinajstić information content (AvgIpc) is 3.14. The van der Waals surface area contributed by atoms with Gasteiger partial charge in [-0.05, 0) is 54.8 Å². The van der Waals surface area contributed by atoms with Crippen LogP contribution in [-0.4, -0.2) is 34.6 Å². The van der Waals surface area contributed by atoms with Gasteiger partial charge in [0.1, 0.15) is 11.6 Å². The number of hydrogen-bond acceptors (Lipinski definition) is 5. The van der Waals surface area contributed by atoms with E-state index in [1.54, 1.807) is 19.2 Å². The van der Waals surface area contributed by atoms with Crippen LogP contribution in [0.1, 0.15) is 49.6 Å². The van der Waals surface area contributed by atoms with Crippen LogP contribution in [0.4, 0.5) is 4.39 Å². The van der Waals surface area contributed by atoms with E-state index in [1.807, 2.05) is 29.2 Å². The van der Waals surface area contributed by atoms with Crippen molar-refractivity contribution < 1.29 is 18.4 Å². The van der Waals surface area contributed by atoms with E-state index < -0.39 is 0 Å². The molecule has 1 atom stereocenters. The molecule has 1 aromatic heterocycles. The standard InChI is InChI=1S/C24H26FN3O3/c1-30-20-12-8-17(9-13-20)21-5-3-2-4-16-28(21)23(29)15-14-22-26-24(27-31-22)18-6-10-19(25)11-7-18/h6-13,21H,2-5,14-16H2,1H3. The molecule has 3 aromatic rings. The summed E-state index contributed by atoms with van der Waals surface area (Å²) in [5, 5.41) is 3.96. The molecule has 162 valence electrons. The lowest BCUT2D eigenvalue weighted by Crippen LogP contribution is -2.35. The van der Waals surface area contributed by atoms with E-state index in [1.165, 1.54) is 12.1 Å². The quantitative estimate of drug-likeness (QED) is 0.560. The lowest BCUT2D eigenvalue weighted by Gasteiger charge is -2.30. The number of aryl methyl sites for hydroxylation is 1. The average molecular weight is 423 g/mol. The van der Waals surface area contributed by atoms with Gasteiger partial charge in [0.2, 0.25) is 17.6 Å². The van der Waals surface area contributed by atoms with Gasteiger partial charge in [0.25, 0.3) is 0 Å². The van der Waals surface area contributed by atoms with Gasteiger partial charge in [-0.15, -0.1) is 0 Å². The molecule has 1 unspecified atom stereocenters. The molecule has 1 fully saturated rings. The summed E-state index contributed by atoms with van der Waals surface area (Å²) in [7, 11) is 1.65. The van der Waals surface area contributed by atoms with Crippen LogP contribution in [-0.2, 0) is 11.2 Å². The second-order valence-electron chi connectivity index (χ2n) is 7.74. The summed E-state index contributed by atoms with van der Waals surface area (Å²) >= 11 is 0. The predicted octanol–water partition coefficient (Wildman–Crippen LogP) is 4.96. The van der Waals surface area contributed by atoms with Gasteiger partial charge in [0.15, 0.2) is 0 Å². The fraction of sp³-hybridized carbons (Fsp3) is 0.375. The first-order valence-electron chi connectivity index (χ1n) is 10.7. The molecule has 2 heterocycles. The van der Waals surface area contributed by atoms with E-state index in [0.29, 0.717) is 30.1 Å². The number of aromatic nitrogens is 2. The van der Waals surface area contributed by atoms with Gasteiger partial charge in [-0.1, -0.05) is 30.1 Å². The van der Waals surface area contributed by atoms with Gasteiger partial charge in [-0.25, -0.2) is 4.39 Å². The molecule has 0 N–H and O–H groups in total. The molecule has 0 aliphatic carbocycles. The van der Waals surface area contributed by atoms with Gasteiger partial charge < -0.3 is 14.2 Å². The van der Waals surface area contributed by atoms with Crippen LogP contribution in [0, 0.1) is 5.82 Å². The lowest BCUT2D eigenvalue weighted by atomic mass is 10.00. The second kappa shape index (κ2) is 9.73. The van der Waals surface area contributed by atoms with Crippen molar-refractivity contribution in [2.75, 3.05) is 13.7 Å². The molecule has 0 saturated carbocycles. The summed E-state index contributed by atoms with van der Waals surface area (Å²) in [5.41, 5.74) is 1.81. The number of hydrogen-bond donors (Lipinski definition) is 0. The normalized spacial score (nSPS) is 16.7. The summed E-state index contributed by atoms with van der Waals surface area (Å²) < 4.78 is 23.7. The van der Waals surface area contributed by atoms with Gasteiger partial charge in [0, 0.05) is 24.9 Å². The van der Waals surface area contributed by atoms with Crippen molar-refractivity contribution in [3.63, 3.8) is 0 Å². The van der Waals surface area contributed by atoms with E-state index in [4.69, 9.17) is 9.26 Å². The van der Waals surface area contributed by atoms with E-state index in [-0.39, 0.29) is 17.8 Å². The Morgan fingerprint density at radius 3 is 2.65 bits per heavy atom. The number of ether oxygens (including phenoxy) is 1. The van der Waals surface area contributed by atoms with Crippen molar-refractivity contribution in [2.45, 2.75) is 44.6 Å². The Morgan fingerprint density at radius 1 is 1.13 bits per heavy atom. The van der Waals surface area contributed by atoms with E-state index in [2.05, 4.69) is 10.1 Å². The minimum Gasteiger partial charge on any atom is -0.497 e. The molecule has 0 spiro atoms. The van der Waals surface area contributed by atoms with Crippen LogP contribution >= 0.6 is 0 Å². The first-order valence-corrected chi connectivity index (χ1v) is 10.7. The highest BCUT2D eigenvalue weighted by molar-refractivity contribution is 5.77. The number of nitrogens with zero attached hydrogens (tertiary/aromatic N) is 3.